The van der Waals surface area contributed by atoms with Crippen molar-refractivity contribution in [3.8, 4) is 5.75 Å². The fraction of sp³-hybridized carbons (Fsp3) is 0.261. The second-order valence-corrected chi connectivity index (χ2v) is 7.94. The Kier molecular flexibility index (Phi) is 6.59. The Hall–Kier alpha value is -3.23. The number of methoxy groups -OCH3 is 1. The van der Waals surface area contributed by atoms with Crippen LogP contribution in [0.25, 0.3) is 0 Å². The van der Waals surface area contributed by atoms with Crippen LogP contribution in [-0.4, -0.2) is 54.7 Å². The first-order valence-electron chi connectivity index (χ1n) is 9.97. The van der Waals surface area contributed by atoms with Gasteiger partial charge < -0.3 is 18.9 Å². The van der Waals surface area contributed by atoms with E-state index in [1.165, 1.54) is 11.3 Å². The van der Waals surface area contributed by atoms with E-state index in [4.69, 9.17) is 9.47 Å². The van der Waals surface area contributed by atoms with Crippen molar-refractivity contribution in [1.29, 1.82) is 0 Å². The quantitative estimate of drug-likeness (QED) is 0.615. The Morgan fingerprint density at radius 3 is 2.61 bits per heavy atom. The first-order valence-corrected chi connectivity index (χ1v) is 10.8. The van der Waals surface area contributed by atoms with Crippen molar-refractivity contribution in [3.63, 3.8) is 0 Å². The minimum absolute atomic E-state index is 0.0256. The maximum Gasteiger partial charge on any atom is 0.279 e. The van der Waals surface area contributed by atoms with E-state index in [0.717, 1.165) is 5.56 Å². The van der Waals surface area contributed by atoms with Crippen molar-refractivity contribution in [2.45, 2.75) is 6.54 Å². The molecule has 7 nitrogen and oxygen atoms in total. The summed E-state index contributed by atoms with van der Waals surface area (Å²) in [5.74, 6) is 0.325. The highest BCUT2D eigenvalue weighted by molar-refractivity contribution is 7.07. The summed E-state index contributed by atoms with van der Waals surface area (Å²) in [6.45, 7) is 2.97. The van der Waals surface area contributed by atoms with Gasteiger partial charge in [0.25, 0.3) is 11.8 Å². The van der Waals surface area contributed by atoms with E-state index in [1.807, 2.05) is 45.3 Å². The molecule has 4 rings (SSSR count). The lowest BCUT2D eigenvalue weighted by molar-refractivity contribution is 0.0303. The predicted molar refractivity (Wildman–Crippen MR) is 117 cm³/mol. The van der Waals surface area contributed by atoms with Crippen molar-refractivity contribution in [2.75, 3.05) is 33.4 Å². The van der Waals surface area contributed by atoms with Crippen LogP contribution in [0.15, 0.2) is 65.1 Å². The average Bonchev–Trinajstić information content (AvgIpc) is 3.26. The lowest BCUT2D eigenvalue weighted by Gasteiger charge is -2.26. The van der Waals surface area contributed by atoms with Crippen molar-refractivity contribution >= 4 is 23.2 Å². The highest BCUT2D eigenvalue weighted by Gasteiger charge is 2.18. The number of benzene rings is 2. The van der Waals surface area contributed by atoms with E-state index >= 15 is 0 Å². The lowest BCUT2D eigenvalue weighted by Crippen LogP contribution is -2.40. The average molecular weight is 438 g/mol. The molecule has 0 aliphatic carbocycles. The molecule has 2 aromatic carbocycles. The first kappa shape index (κ1) is 21.0. The molecule has 1 aromatic heterocycles. The molecule has 8 heteroatoms. The molecule has 0 atom stereocenters. The molecular weight excluding hydrogens is 414 g/mol. The molecule has 1 fully saturated rings. The number of aromatic nitrogens is 1. The van der Waals surface area contributed by atoms with Gasteiger partial charge in [0.2, 0.25) is 0 Å². The molecule has 2 heterocycles. The number of rotatable bonds is 5. The van der Waals surface area contributed by atoms with E-state index in [0.29, 0.717) is 54.5 Å². The number of thiazole rings is 1. The molecule has 1 aliphatic heterocycles. The second kappa shape index (κ2) is 9.72. The largest absolute Gasteiger partial charge is 0.497 e. The zero-order chi connectivity index (χ0) is 21.6. The topological polar surface area (TPSA) is 73.1 Å². The number of nitrogens with zero attached hydrogens (tertiary/aromatic N) is 3. The summed E-state index contributed by atoms with van der Waals surface area (Å²) < 4.78 is 12.4. The van der Waals surface area contributed by atoms with Crippen molar-refractivity contribution in [3.05, 3.63) is 81.6 Å². The number of ether oxygens (including phenoxy) is 2. The zero-order valence-electron chi connectivity index (χ0n) is 17.2. The molecule has 0 saturated carbocycles. The van der Waals surface area contributed by atoms with Gasteiger partial charge in [0, 0.05) is 42.3 Å². The minimum Gasteiger partial charge on any atom is -0.497 e. The van der Waals surface area contributed by atoms with Gasteiger partial charge in [-0.1, -0.05) is 18.2 Å². The Balaban J connectivity index is 1.48. The number of amides is 2. The molecule has 3 aromatic rings. The molecule has 160 valence electrons. The molecule has 31 heavy (non-hydrogen) atoms. The smallest absolute Gasteiger partial charge is 0.279 e. The Morgan fingerprint density at radius 2 is 1.87 bits per heavy atom. The molecule has 0 spiro atoms. The third-order valence-electron chi connectivity index (χ3n) is 5.03. The number of hydrogen-bond acceptors (Lipinski definition) is 5. The molecule has 0 radical (unpaired) electrons. The summed E-state index contributed by atoms with van der Waals surface area (Å²) in [7, 11) is 1.56. The summed E-state index contributed by atoms with van der Waals surface area (Å²) in [5.41, 5.74) is 2.16. The number of morpholine rings is 1. The van der Waals surface area contributed by atoms with Crippen molar-refractivity contribution in [2.24, 2.45) is 4.99 Å². The molecule has 2 amide bonds. The number of carbonyl (C=O) groups excluding carboxylic acids is 2. The fourth-order valence-corrected chi connectivity index (χ4v) is 4.04. The van der Waals surface area contributed by atoms with E-state index in [9.17, 15) is 9.59 Å². The normalized spacial score (nSPS) is 14.5. The fourth-order valence-electron chi connectivity index (χ4n) is 3.31. The van der Waals surface area contributed by atoms with E-state index in [-0.39, 0.29) is 11.8 Å². The minimum atomic E-state index is -0.318. The number of carbonyl (C=O) groups is 2. The molecule has 1 aliphatic rings. The standard InChI is InChI=1S/C23H23N3O4S/c1-29-20-4-2-3-19(15-20)21(27)24-23-26(11-14-31-23)16-17-5-7-18(8-6-17)22(28)25-9-12-30-13-10-25/h2-8,11,14-15H,9-10,12-13,16H2,1H3. The maximum atomic E-state index is 12.6. The Labute approximate surface area is 184 Å². The SMILES string of the molecule is COc1cccc(C(=O)N=c2sccn2Cc2ccc(C(=O)N3CCOCC3)cc2)c1. The molecular formula is C23H23N3O4S. The van der Waals surface area contributed by atoms with Gasteiger partial charge in [-0.2, -0.15) is 4.99 Å². The van der Waals surface area contributed by atoms with Gasteiger partial charge in [0.15, 0.2) is 4.80 Å². The van der Waals surface area contributed by atoms with E-state index in [2.05, 4.69) is 4.99 Å². The van der Waals surface area contributed by atoms with Crippen LogP contribution in [-0.2, 0) is 11.3 Å². The molecule has 0 N–H and O–H groups in total. The van der Waals surface area contributed by atoms with Crippen LogP contribution in [0, 0.1) is 0 Å². The van der Waals surface area contributed by atoms with Gasteiger partial charge in [-0.05, 0) is 35.9 Å². The lowest BCUT2D eigenvalue weighted by atomic mass is 10.1. The third-order valence-corrected chi connectivity index (χ3v) is 5.82. The second-order valence-electron chi connectivity index (χ2n) is 7.06. The van der Waals surface area contributed by atoms with Crippen LogP contribution in [0.5, 0.6) is 5.75 Å². The molecule has 1 saturated heterocycles. The van der Waals surface area contributed by atoms with Crippen LogP contribution >= 0.6 is 11.3 Å². The van der Waals surface area contributed by atoms with Gasteiger partial charge in [0.1, 0.15) is 5.75 Å². The summed E-state index contributed by atoms with van der Waals surface area (Å²) in [4.78, 5) is 31.9. The predicted octanol–water partition coefficient (Wildman–Crippen LogP) is 2.82. The van der Waals surface area contributed by atoms with Gasteiger partial charge in [0.05, 0.1) is 20.3 Å². The van der Waals surface area contributed by atoms with Gasteiger partial charge >= 0.3 is 0 Å². The number of hydrogen-bond donors (Lipinski definition) is 0. The highest BCUT2D eigenvalue weighted by atomic mass is 32.1. The summed E-state index contributed by atoms with van der Waals surface area (Å²) >= 11 is 1.40. The van der Waals surface area contributed by atoms with Crippen LogP contribution in [0.3, 0.4) is 0 Å². The van der Waals surface area contributed by atoms with Crippen LogP contribution < -0.4 is 9.54 Å². The Bertz CT molecular complexity index is 1130. The zero-order valence-corrected chi connectivity index (χ0v) is 18.0. The van der Waals surface area contributed by atoms with Gasteiger partial charge in [-0.25, -0.2) is 0 Å². The Morgan fingerprint density at radius 1 is 1.10 bits per heavy atom. The van der Waals surface area contributed by atoms with Gasteiger partial charge in [-0.15, -0.1) is 11.3 Å². The van der Waals surface area contributed by atoms with Crippen LogP contribution in [0.2, 0.25) is 0 Å². The van der Waals surface area contributed by atoms with Crippen LogP contribution in [0.4, 0.5) is 0 Å². The van der Waals surface area contributed by atoms with Crippen molar-refractivity contribution in [1.82, 2.24) is 9.47 Å². The highest BCUT2D eigenvalue weighted by Crippen LogP contribution is 2.14. The van der Waals surface area contributed by atoms with Crippen LogP contribution in [0.1, 0.15) is 26.3 Å². The van der Waals surface area contributed by atoms with Crippen molar-refractivity contribution < 1.29 is 19.1 Å². The van der Waals surface area contributed by atoms with Gasteiger partial charge in [-0.3, -0.25) is 9.59 Å². The molecule has 0 bridgehead atoms. The third kappa shape index (κ3) is 5.10. The summed E-state index contributed by atoms with van der Waals surface area (Å²) in [6, 6.07) is 14.5. The summed E-state index contributed by atoms with van der Waals surface area (Å²) in [5, 5.41) is 1.90. The maximum absolute atomic E-state index is 12.6. The monoisotopic (exact) mass is 437 g/mol. The molecule has 0 unspecified atom stereocenters. The van der Waals surface area contributed by atoms with E-state index < -0.39 is 0 Å². The first-order chi connectivity index (χ1) is 15.1. The van der Waals surface area contributed by atoms with E-state index in [1.54, 1.807) is 31.4 Å². The summed E-state index contributed by atoms with van der Waals surface area (Å²) in [6.07, 6.45) is 1.90.